The van der Waals surface area contributed by atoms with Crippen LogP contribution in [0.25, 0.3) is 0 Å². The van der Waals surface area contributed by atoms with Gasteiger partial charge in [-0.3, -0.25) is 9.59 Å². The number of aryl methyl sites for hydroxylation is 1. The molecule has 1 fully saturated rings. The fraction of sp³-hybridized carbons (Fsp3) is 0.615. The highest BCUT2D eigenvalue weighted by Crippen LogP contribution is 2.32. The van der Waals surface area contributed by atoms with Crippen LogP contribution in [0.2, 0.25) is 0 Å². The van der Waals surface area contributed by atoms with E-state index >= 15 is 0 Å². The predicted molar refractivity (Wildman–Crippen MR) is 68.4 cm³/mol. The zero-order chi connectivity index (χ0) is 13.1. The summed E-state index contributed by atoms with van der Waals surface area (Å²) in [6, 6.07) is 3.08. The van der Waals surface area contributed by atoms with Gasteiger partial charge in [0.15, 0.2) is 0 Å². The van der Waals surface area contributed by atoms with E-state index in [9.17, 15) is 9.59 Å². The average Bonchev–Trinajstić information content (AvgIpc) is 3.16. The molecular weight excluding hydrogens is 230 g/mol. The van der Waals surface area contributed by atoms with Gasteiger partial charge in [-0.05, 0) is 38.2 Å². The molecule has 1 unspecified atom stereocenters. The molecule has 1 saturated carbocycles. The predicted octanol–water partition coefficient (Wildman–Crippen LogP) is 1.18. The van der Waals surface area contributed by atoms with Crippen molar-refractivity contribution in [2.75, 3.05) is 0 Å². The van der Waals surface area contributed by atoms with Crippen molar-refractivity contribution in [3.63, 3.8) is 0 Å². The number of hydrogen-bond acceptors (Lipinski definition) is 3. The molecule has 5 nitrogen and oxygen atoms in total. The maximum Gasteiger partial charge on any atom is 0.271 e. The molecule has 1 aromatic heterocycles. The van der Waals surface area contributed by atoms with E-state index in [0.717, 1.165) is 6.42 Å². The first-order valence-corrected chi connectivity index (χ1v) is 6.51. The number of carbonyl (C=O) groups is 1. The average molecular weight is 249 g/mol. The van der Waals surface area contributed by atoms with Crippen molar-refractivity contribution in [3.05, 3.63) is 28.2 Å². The molecule has 0 saturated heterocycles. The maximum atomic E-state index is 12.0. The molecule has 1 aromatic rings. The molecular formula is C13H19N3O2. The summed E-state index contributed by atoms with van der Waals surface area (Å²) in [6.45, 7) is 4.52. The minimum absolute atomic E-state index is 0.163. The van der Waals surface area contributed by atoms with E-state index < -0.39 is 0 Å². The van der Waals surface area contributed by atoms with Crippen LogP contribution in [0.3, 0.4) is 0 Å². The molecule has 1 amide bonds. The number of amides is 1. The van der Waals surface area contributed by atoms with Crippen molar-refractivity contribution in [3.8, 4) is 0 Å². The number of nitrogens with zero attached hydrogens (tertiary/aromatic N) is 2. The highest BCUT2D eigenvalue weighted by Gasteiger charge is 2.29. The second-order valence-corrected chi connectivity index (χ2v) is 4.88. The summed E-state index contributed by atoms with van der Waals surface area (Å²) in [7, 11) is 0. The van der Waals surface area contributed by atoms with Gasteiger partial charge in [0, 0.05) is 18.7 Å². The minimum atomic E-state index is -0.195. The molecule has 18 heavy (non-hydrogen) atoms. The summed E-state index contributed by atoms with van der Waals surface area (Å²) >= 11 is 0. The van der Waals surface area contributed by atoms with E-state index in [0.29, 0.717) is 18.2 Å². The van der Waals surface area contributed by atoms with Gasteiger partial charge in [0.05, 0.1) is 0 Å². The lowest BCUT2D eigenvalue weighted by Gasteiger charge is -2.12. The van der Waals surface area contributed by atoms with Crippen molar-refractivity contribution in [2.24, 2.45) is 5.92 Å². The Hall–Kier alpha value is -1.65. The Labute approximate surface area is 106 Å². The zero-order valence-electron chi connectivity index (χ0n) is 10.8. The van der Waals surface area contributed by atoms with Crippen LogP contribution >= 0.6 is 0 Å². The smallest absolute Gasteiger partial charge is 0.271 e. The molecule has 1 heterocycles. The molecule has 0 spiro atoms. The van der Waals surface area contributed by atoms with Crippen molar-refractivity contribution in [1.29, 1.82) is 0 Å². The number of carbonyl (C=O) groups excluding carboxylic acids is 1. The van der Waals surface area contributed by atoms with E-state index in [4.69, 9.17) is 0 Å². The highest BCUT2D eigenvalue weighted by molar-refractivity contribution is 5.92. The standard InChI is InChI=1S/C13H19N3O2/c1-3-8-16-12(17)7-6-11(15-16)13(18)14-9(2)10-4-5-10/h6-7,9-10H,3-5,8H2,1-2H3,(H,14,18). The van der Waals surface area contributed by atoms with Crippen molar-refractivity contribution in [1.82, 2.24) is 15.1 Å². The lowest BCUT2D eigenvalue weighted by molar-refractivity contribution is 0.0928. The van der Waals surface area contributed by atoms with Crippen LogP contribution in [0.15, 0.2) is 16.9 Å². The lowest BCUT2D eigenvalue weighted by atomic mass is 10.2. The van der Waals surface area contributed by atoms with E-state index in [1.165, 1.54) is 29.7 Å². The first-order chi connectivity index (χ1) is 8.61. The number of nitrogens with one attached hydrogen (secondary N) is 1. The third-order valence-corrected chi connectivity index (χ3v) is 3.22. The zero-order valence-corrected chi connectivity index (χ0v) is 10.8. The molecule has 1 aliphatic carbocycles. The molecule has 0 bridgehead atoms. The Morgan fingerprint density at radius 1 is 1.56 bits per heavy atom. The molecule has 5 heteroatoms. The fourth-order valence-electron chi connectivity index (χ4n) is 1.94. The van der Waals surface area contributed by atoms with Gasteiger partial charge in [-0.25, -0.2) is 4.68 Å². The van der Waals surface area contributed by atoms with Gasteiger partial charge in [0.25, 0.3) is 11.5 Å². The summed E-state index contributed by atoms with van der Waals surface area (Å²) < 4.78 is 1.34. The molecule has 0 radical (unpaired) electrons. The van der Waals surface area contributed by atoms with Gasteiger partial charge in [-0.2, -0.15) is 5.10 Å². The first-order valence-electron chi connectivity index (χ1n) is 6.51. The van der Waals surface area contributed by atoms with Crippen LogP contribution in [-0.2, 0) is 6.54 Å². The quantitative estimate of drug-likeness (QED) is 0.852. The number of rotatable bonds is 5. The van der Waals surface area contributed by atoms with E-state index in [-0.39, 0.29) is 17.5 Å². The number of aromatic nitrogens is 2. The van der Waals surface area contributed by atoms with E-state index in [1.807, 2.05) is 13.8 Å². The van der Waals surface area contributed by atoms with Crippen LogP contribution < -0.4 is 10.9 Å². The second kappa shape index (κ2) is 5.33. The Morgan fingerprint density at radius 3 is 2.89 bits per heavy atom. The molecule has 2 rings (SSSR count). The summed E-state index contributed by atoms with van der Waals surface area (Å²) in [5.74, 6) is 0.412. The van der Waals surface area contributed by atoms with Crippen molar-refractivity contribution in [2.45, 2.75) is 45.7 Å². The SMILES string of the molecule is CCCn1nc(C(=O)NC(C)C2CC2)ccc1=O. The van der Waals surface area contributed by atoms with Gasteiger partial charge in [-0.15, -0.1) is 0 Å². The Morgan fingerprint density at radius 2 is 2.28 bits per heavy atom. The summed E-state index contributed by atoms with van der Waals surface area (Å²) in [5.41, 5.74) is 0.152. The lowest BCUT2D eigenvalue weighted by Crippen LogP contribution is -2.36. The Kier molecular flexibility index (Phi) is 3.79. The van der Waals surface area contributed by atoms with Gasteiger partial charge < -0.3 is 5.32 Å². The number of hydrogen-bond donors (Lipinski definition) is 1. The maximum absolute atomic E-state index is 12.0. The molecule has 98 valence electrons. The second-order valence-electron chi connectivity index (χ2n) is 4.88. The normalized spacial score (nSPS) is 16.3. The molecule has 1 atom stereocenters. The van der Waals surface area contributed by atoms with Crippen LogP contribution in [0.1, 0.15) is 43.6 Å². The summed E-state index contributed by atoms with van der Waals surface area (Å²) in [6.07, 6.45) is 3.19. The van der Waals surface area contributed by atoms with E-state index in [1.54, 1.807) is 0 Å². The summed E-state index contributed by atoms with van der Waals surface area (Å²) in [4.78, 5) is 23.5. The molecule has 1 aliphatic rings. The van der Waals surface area contributed by atoms with Gasteiger partial charge in [0.1, 0.15) is 5.69 Å². The first kappa shape index (κ1) is 12.8. The summed E-state index contributed by atoms with van der Waals surface area (Å²) in [5, 5.41) is 7.02. The van der Waals surface area contributed by atoms with Gasteiger partial charge in [0.2, 0.25) is 0 Å². The van der Waals surface area contributed by atoms with Crippen LogP contribution in [0.5, 0.6) is 0 Å². The van der Waals surface area contributed by atoms with Gasteiger partial charge >= 0.3 is 0 Å². The molecule has 0 aliphatic heterocycles. The molecule has 1 N–H and O–H groups in total. The van der Waals surface area contributed by atoms with Crippen LogP contribution in [-0.4, -0.2) is 21.7 Å². The minimum Gasteiger partial charge on any atom is -0.348 e. The fourth-order valence-corrected chi connectivity index (χ4v) is 1.94. The van der Waals surface area contributed by atoms with Crippen LogP contribution in [0.4, 0.5) is 0 Å². The monoisotopic (exact) mass is 249 g/mol. The topological polar surface area (TPSA) is 64.0 Å². The van der Waals surface area contributed by atoms with Gasteiger partial charge in [-0.1, -0.05) is 6.92 Å². The third-order valence-electron chi connectivity index (χ3n) is 3.22. The Bertz CT molecular complexity index is 491. The van der Waals surface area contributed by atoms with E-state index in [2.05, 4.69) is 10.4 Å². The van der Waals surface area contributed by atoms with Crippen molar-refractivity contribution < 1.29 is 4.79 Å². The largest absolute Gasteiger partial charge is 0.348 e. The Balaban J connectivity index is 2.09. The van der Waals surface area contributed by atoms with Crippen LogP contribution in [0, 0.1) is 5.92 Å². The highest BCUT2D eigenvalue weighted by atomic mass is 16.2. The molecule has 0 aromatic carbocycles. The third kappa shape index (κ3) is 2.97. The van der Waals surface area contributed by atoms with Crippen molar-refractivity contribution >= 4 is 5.91 Å².